The van der Waals surface area contributed by atoms with E-state index < -0.39 is 11.6 Å². The van der Waals surface area contributed by atoms with Gasteiger partial charge in [0, 0.05) is 24.1 Å². The average Bonchev–Trinajstić information content (AvgIpc) is 2.44. The third-order valence-electron chi connectivity index (χ3n) is 3.68. The zero-order valence-electron chi connectivity index (χ0n) is 11.2. The molecule has 0 atom stereocenters. The molecule has 0 bridgehead atoms. The van der Waals surface area contributed by atoms with E-state index in [2.05, 4.69) is 16.6 Å². The van der Waals surface area contributed by atoms with Gasteiger partial charge in [-0.1, -0.05) is 11.2 Å². The quantitative estimate of drug-likeness (QED) is 0.398. The second kappa shape index (κ2) is 6.61. The van der Waals surface area contributed by atoms with Gasteiger partial charge in [-0.05, 0) is 38.1 Å². The van der Waals surface area contributed by atoms with E-state index in [9.17, 15) is 14.0 Å². The summed E-state index contributed by atoms with van der Waals surface area (Å²) in [6, 6.07) is 3.32. The van der Waals surface area contributed by atoms with Crippen LogP contribution in [0.25, 0.3) is 0 Å². The summed E-state index contributed by atoms with van der Waals surface area (Å²) in [5, 5.41) is 12.5. The molecule has 0 unspecified atom stereocenters. The Balaban J connectivity index is 2.12. The number of benzene rings is 1. The number of likely N-dealkylation sites (tertiary alicyclic amines) is 1. The molecule has 1 fully saturated rings. The molecule has 1 aromatic carbocycles. The molecule has 0 amide bonds. The highest BCUT2D eigenvalue weighted by Gasteiger charge is 2.26. The lowest BCUT2D eigenvalue weighted by molar-refractivity contribution is 0.225. The highest BCUT2D eigenvalue weighted by Crippen LogP contribution is 2.24. The molecule has 0 aliphatic carbocycles. The van der Waals surface area contributed by atoms with E-state index in [-0.39, 0.29) is 11.5 Å². The maximum Gasteiger partial charge on any atom is 0.135 e. The van der Waals surface area contributed by atoms with Gasteiger partial charge < -0.3 is 5.21 Å². The lowest BCUT2D eigenvalue weighted by Gasteiger charge is -2.31. The molecule has 0 radical (unpaired) electrons. The number of rotatable bonds is 4. The number of hydrogen-bond acceptors (Lipinski definition) is 3. The molecular formula is C15H18F2N2O. The predicted molar refractivity (Wildman–Crippen MR) is 74.0 cm³/mol. The fourth-order valence-corrected chi connectivity index (χ4v) is 2.62. The summed E-state index contributed by atoms with van der Waals surface area (Å²) < 4.78 is 26.7. The van der Waals surface area contributed by atoms with Crippen molar-refractivity contribution in [1.29, 1.82) is 0 Å². The summed E-state index contributed by atoms with van der Waals surface area (Å²) in [4.78, 5) is 2.24. The number of oxime groups is 1. The first kappa shape index (κ1) is 14.7. The van der Waals surface area contributed by atoms with Crippen LogP contribution >= 0.6 is 0 Å². The largest absolute Gasteiger partial charge is 0.411 e. The van der Waals surface area contributed by atoms with Crippen LogP contribution < -0.4 is 0 Å². The van der Waals surface area contributed by atoms with Gasteiger partial charge in [-0.3, -0.25) is 4.90 Å². The van der Waals surface area contributed by atoms with E-state index >= 15 is 0 Å². The van der Waals surface area contributed by atoms with Crippen molar-refractivity contribution in [2.45, 2.75) is 12.8 Å². The minimum Gasteiger partial charge on any atom is -0.411 e. The molecule has 5 heteroatoms. The van der Waals surface area contributed by atoms with Crippen LogP contribution in [0.1, 0.15) is 18.4 Å². The fourth-order valence-electron chi connectivity index (χ4n) is 2.62. The summed E-state index contributed by atoms with van der Waals surface area (Å²) in [5.41, 5.74) is 0.483. The Labute approximate surface area is 117 Å². The SMILES string of the molecule is C=CCN1CCC(C(=NO)c2ccc(F)cc2F)CC1. The van der Waals surface area contributed by atoms with E-state index in [1.807, 2.05) is 6.08 Å². The number of piperidine rings is 1. The van der Waals surface area contributed by atoms with E-state index in [1.165, 1.54) is 12.1 Å². The zero-order chi connectivity index (χ0) is 14.5. The topological polar surface area (TPSA) is 35.8 Å². The molecule has 108 valence electrons. The first-order chi connectivity index (χ1) is 9.65. The second-order valence-corrected chi connectivity index (χ2v) is 4.97. The van der Waals surface area contributed by atoms with Crippen LogP contribution in [-0.2, 0) is 0 Å². The maximum absolute atomic E-state index is 13.8. The van der Waals surface area contributed by atoms with Crippen molar-refractivity contribution in [2.24, 2.45) is 11.1 Å². The smallest absolute Gasteiger partial charge is 0.135 e. The molecule has 1 N–H and O–H groups in total. The molecular weight excluding hydrogens is 262 g/mol. The van der Waals surface area contributed by atoms with Gasteiger partial charge in [-0.25, -0.2) is 8.78 Å². The molecule has 1 heterocycles. The molecule has 1 aliphatic rings. The van der Waals surface area contributed by atoms with Crippen LogP contribution in [0, 0.1) is 17.6 Å². The molecule has 2 rings (SSSR count). The Morgan fingerprint density at radius 2 is 2.10 bits per heavy atom. The summed E-state index contributed by atoms with van der Waals surface area (Å²) in [5.74, 6) is -1.34. The van der Waals surface area contributed by atoms with E-state index in [4.69, 9.17) is 0 Å². The summed E-state index contributed by atoms with van der Waals surface area (Å²) in [6.45, 7) is 6.22. The second-order valence-electron chi connectivity index (χ2n) is 4.97. The van der Waals surface area contributed by atoms with Crippen LogP contribution in [0.15, 0.2) is 36.0 Å². The minimum absolute atomic E-state index is 0.0129. The highest BCUT2D eigenvalue weighted by atomic mass is 19.1. The Morgan fingerprint density at radius 1 is 1.40 bits per heavy atom. The van der Waals surface area contributed by atoms with Crippen molar-refractivity contribution in [3.05, 3.63) is 48.1 Å². The monoisotopic (exact) mass is 280 g/mol. The van der Waals surface area contributed by atoms with Gasteiger partial charge in [-0.15, -0.1) is 6.58 Å². The van der Waals surface area contributed by atoms with Crippen LogP contribution in [0.5, 0.6) is 0 Å². The van der Waals surface area contributed by atoms with Crippen molar-refractivity contribution in [1.82, 2.24) is 4.90 Å². The fraction of sp³-hybridized carbons (Fsp3) is 0.400. The van der Waals surface area contributed by atoms with Crippen molar-refractivity contribution < 1.29 is 14.0 Å². The Morgan fingerprint density at radius 3 is 2.65 bits per heavy atom. The third-order valence-corrected chi connectivity index (χ3v) is 3.68. The molecule has 1 saturated heterocycles. The first-order valence-corrected chi connectivity index (χ1v) is 6.66. The van der Waals surface area contributed by atoms with Gasteiger partial charge in [0.25, 0.3) is 0 Å². The maximum atomic E-state index is 13.8. The summed E-state index contributed by atoms with van der Waals surface area (Å²) in [7, 11) is 0. The lowest BCUT2D eigenvalue weighted by atomic mass is 9.88. The zero-order valence-corrected chi connectivity index (χ0v) is 11.2. The molecule has 1 aromatic rings. The van der Waals surface area contributed by atoms with E-state index in [0.717, 1.165) is 38.5 Å². The Kier molecular flexibility index (Phi) is 4.84. The molecule has 0 saturated carbocycles. The van der Waals surface area contributed by atoms with Gasteiger partial charge in [-0.2, -0.15) is 0 Å². The molecule has 1 aliphatic heterocycles. The predicted octanol–water partition coefficient (Wildman–Crippen LogP) is 3.04. The first-order valence-electron chi connectivity index (χ1n) is 6.66. The molecule has 3 nitrogen and oxygen atoms in total. The van der Waals surface area contributed by atoms with Gasteiger partial charge in [0.1, 0.15) is 11.6 Å². The van der Waals surface area contributed by atoms with Crippen molar-refractivity contribution in [2.75, 3.05) is 19.6 Å². The average molecular weight is 280 g/mol. The third kappa shape index (κ3) is 3.22. The molecule has 0 spiro atoms. The minimum atomic E-state index is -0.689. The van der Waals surface area contributed by atoms with Crippen LogP contribution in [0.4, 0.5) is 8.78 Å². The lowest BCUT2D eigenvalue weighted by Crippen LogP contribution is -2.36. The van der Waals surface area contributed by atoms with Crippen molar-refractivity contribution >= 4 is 5.71 Å². The van der Waals surface area contributed by atoms with E-state index in [1.54, 1.807) is 0 Å². The van der Waals surface area contributed by atoms with Gasteiger partial charge in [0.15, 0.2) is 0 Å². The van der Waals surface area contributed by atoms with Gasteiger partial charge >= 0.3 is 0 Å². The van der Waals surface area contributed by atoms with Gasteiger partial charge in [0.05, 0.1) is 5.71 Å². The van der Waals surface area contributed by atoms with Crippen LogP contribution in [0.2, 0.25) is 0 Å². The van der Waals surface area contributed by atoms with Crippen LogP contribution in [-0.4, -0.2) is 35.5 Å². The number of halogens is 2. The molecule has 0 aromatic heterocycles. The summed E-state index contributed by atoms with van der Waals surface area (Å²) in [6.07, 6.45) is 3.41. The normalized spacial score (nSPS) is 18.2. The Hall–Kier alpha value is -1.75. The Bertz CT molecular complexity index is 509. The van der Waals surface area contributed by atoms with E-state index in [0.29, 0.717) is 5.71 Å². The summed E-state index contributed by atoms with van der Waals surface area (Å²) >= 11 is 0. The molecule has 20 heavy (non-hydrogen) atoms. The van der Waals surface area contributed by atoms with Crippen molar-refractivity contribution in [3.63, 3.8) is 0 Å². The van der Waals surface area contributed by atoms with Gasteiger partial charge in [0.2, 0.25) is 0 Å². The highest BCUT2D eigenvalue weighted by molar-refractivity contribution is 6.02. The number of nitrogens with zero attached hydrogens (tertiary/aromatic N) is 2. The number of hydrogen-bond donors (Lipinski definition) is 1. The standard InChI is InChI=1S/C15H18F2N2O/c1-2-7-19-8-5-11(6-9-19)15(18-20)13-4-3-12(16)10-14(13)17/h2-4,10-11,20H,1,5-9H2. The van der Waals surface area contributed by atoms with Crippen LogP contribution in [0.3, 0.4) is 0 Å². The van der Waals surface area contributed by atoms with Crippen molar-refractivity contribution in [3.8, 4) is 0 Å².